The van der Waals surface area contributed by atoms with Gasteiger partial charge in [-0.05, 0) is 37.5 Å². The number of carbonyl (C=O) groups is 1. The number of nitrogens with one attached hydrogen (secondary N) is 1. The second-order valence-corrected chi connectivity index (χ2v) is 6.23. The number of hydrogen-bond acceptors (Lipinski definition) is 4. The molecule has 0 saturated carbocycles. The Kier molecular flexibility index (Phi) is 3.59. The summed E-state index contributed by atoms with van der Waals surface area (Å²) in [7, 11) is 0. The van der Waals surface area contributed by atoms with Crippen LogP contribution < -0.4 is 5.32 Å². The van der Waals surface area contributed by atoms with Crippen LogP contribution in [0.3, 0.4) is 0 Å². The Labute approximate surface area is 139 Å². The van der Waals surface area contributed by atoms with Gasteiger partial charge in [0.2, 0.25) is 0 Å². The average molecular weight is 324 g/mol. The van der Waals surface area contributed by atoms with Crippen molar-refractivity contribution < 1.29 is 9.21 Å². The Morgan fingerprint density at radius 1 is 1.46 bits per heavy atom. The van der Waals surface area contributed by atoms with Crippen molar-refractivity contribution in [3.63, 3.8) is 0 Å². The molecule has 3 aromatic rings. The molecule has 124 valence electrons. The number of fused-ring (bicyclic) bond motifs is 2. The molecular weight excluding hydrogens is 304 g/mol. The summed E-state index contributed by atoms with van der Waals surface area (Å²) >= 11 is 0. The maximum absolute atomic E-state index is 12.6. The van der Waals surface area contributed by atoms with Crippen molar-refractivity contribution in [2.45, 2.75) is 45.7 Å². The third-order valence-corrected chi connectivity index (χ3v) is 4.54. The molecule has 1 aliphatic heterocycles. The summed E-state index contributed by atoms with van der Waals surface area (Å²) < 4.78 is 7.62. The second-order valence-electron chi connectivity index (χ2n) is 6.23. The zero-order chi connectivity index (χ0) is 16.7. The van der Waals surface area contributed by atoms with E-state index in [1.807, 2.05) is 42.8 Å². The molecule has 1 N–H and O–H groups in total. The van der Waals surface area contributed by atoms with Gasteiger partial charge >= 0.3 is 0 Å². The summed E-state index contributed by atoms with van der Waals surface area (Å²) in [5, 5.41) is 8.50. The standard InChI is InChI=1S/C18H20N4O2/c1-3-16-20-17-13(7-5-9-22(17)21-16)19-18(23)15-10-12-11(2)6-4-8-14(12)24-15/h4,6,8,10,13H,3,5,7,9H2,1-2H3,(H,19,23). The minimum Gasteiger partial charge on any atom is -0.451 e. The zero-order valence-corrected chi connectivity index (χ0v) is 13.9. The first-order valence-electron chi connectivity index (χ1n) is 8.39. The topological polar surface area (TPSA) is 73.0 Å². The summed E-state index contributed by atoms with van der Waals surface area (Å²) in [6, 6.07) is 7.51. The van der Waals surface area contributed by atoms with Crippen molar-refractivity contribution in [2.24, 2.45) is 0 Å². The molecule has 0 radical (unpaired) electrons. The maximum atomic E-state index is 12.6. The van der Waals surface area contributed by atoms with Crippen molar-refractivity contribution >= 4 is 16.9 Å². The molecule has 0 bridgehead atoms. The van der Waals surface area contributed by atoms with E-state index in [0.717, 1.165) is 54.0 Å². The molecule has 1 aromatic carbocycles. The Morgan fingerprint density at radius 3 is 3.12 bits per heavy atom. The highest BCUT2D eigenvalue weighted by Gasteiger charge is 2.26. The molecule has 24 heavy (non-hydrogen) atoms. The number of furan rings is 1. The number of amides is 1. The fourth-order valence-electron chi connectivity index (χ4n) is 3.23. The Bertz CT molecular complexity index is 909. The van der Waals surface area contributed by atoms with Gasteiger partial charge in [0, 0.05) is 18.4 Å². The van der Waals surface area contributed by atoms with Crippen LogP contribution in [-0.4, -0.2) is 20.7 Å². The van der Waals surface area contributed by atoms with Crippen LogP contribution in [0.4, 0.5) is 0 Å². The van der Waals surface area contributed by atoms with Crippen LogP contribution >= 0.6 is 0 Å². The quantitative estimate of drug-likeness (QED) is 0.803. The molecule has 0 spiro atoms. The monoisotopic (exact) mass is 324 g/mol. The molecule has 1 atom stereocenters. The van der Waals surface area contributed by atoms with Gasteiger partial charge in [0.25, 0.3) is 5.91 Å². The molecule has 1 amide bonds. The van der Waals surface area contributed by atoms with Crippen molar-refractivity contribution in [1.29, 1.82) is 0 Å². The lowest BCUT2D eigenvalue weighted by molar-refractivity contribution is 0.0901. The van der Waals surface area contributed by atoms with Crippen LogP contribution in [0.15, 0.2) is 28.7 Å². The summed E-state index contributed by atoms with van der Waals surface area (Å²) in [5.41, 5.74) is 1.83. The fraction of sp³-hybridized carbons (Fsp3) is 0.389. The van der Waals surface area contributed by atoms with Gasteiger partial charge in [0.1, 0.15) is 11.4 Å². The summed E-state index contributed by atoms with van der Waals surface area (Å²) in [6.45, 7) is 4.90. The van der Waals surface area contributed by atoms with E-state index in [2.05, 4.69) is 15.4 Å². The van der Waals surface area contributed by atoms with E-state index >= 15 is 0 Å². The highest BCUT2D eigenvalue weighted by Crippen LogP contribution is 2.26. The lowest BCUT2D eigenvalue weighted by Gasteiger charge is -2.22. The predicted molar refractivity (Wildman–Crippen MR) is 89.8 cm³/mol. The third kappa shape index (κ3) is 2.48. The van der Waals surface area contributed by atoms with E-state index < -0.39 is 0 Å². The second kappa shape index (κ2) is 5.78. The van der Waals surface area contributed by atoms with E-state index in [0.29, 0.717) is 5.76 Å². The fourth-order valence-corrected chi connectivity index (χ4v) is 3.23. The lowest BCUT2D eigenvalue weighted by Crippen LogP contribution is -2.33. The molecule has 6 nitrogen and oxygen atoms in total. The van der Waals surface area contributed by atoms with E-state index in [4.69, 9.17) is 4.42 Å². The molecular formula is C18H20N4O2. The first-order valence-corrected chi connectivity index (χ1v) is 8.39. The van der Waals surface area contributed by atoms with E-state index in [1.54, 1.807) is 0 Å². The molecule has 0 saturated heterocycles. The van der Waals surface area contributed by atoms with Gasteiger partial charge in [-0.3, -0.25) is 4.79 Å². The number of carbonyl (C=O) groups excluding carboxylic acids is 1. The molecule has 2 aromatic heterocycles. The van der Waals surface area contributed by atoms with Crippen LogP contribution in [0, 0.1) is 6.92 Å². The van der Waals surface area contributed by atoms with Gasteiger partial charge in [-0.1, -0.05) is 19.1 Å². The van der Waals surface area contributed by atoms with Crippen LogP contribution in [0.5, 0.6) is 0 Å². The molecule has 6 heteroatoms. The third-order valence-electron chi connectivity index (χ3n) is 4.54. The number of aryl methyl sites for hydroxylation is 3. The van der Waals surface area contributed by atoms with Crippen molar-refractivity contribution in [2.75, 3.05) is 0 Å². The van der Waals surface area contributed by atoms with E-state index in [1.165, 1.54) is 0 Å². The Morgan fingerprint density at radius 2 is 2.33 bits per heavy atom. The highest BCUT2D eigenvalue weighted by atomic mass is 16.3. The molecule has 1 aliphatic rings. The molecule has 1 unspecified atom stereocenters. The first kappa shape index (κ1) is 14.9. The summed E-state index contributed by atoms with van der Waals surface area (Å²) in [5.74, 6) is 1.81. The first-order chi connectivity index (χ1) is 11.7. The highest BCUT2D eigenvalue weighted by molar-refractivity contribution is 5.97. The summed E-state index contributed by atoms with van der Waals surface area (Å²) in [6.07, 6.45) is 2.64. The number of benzene rings is 1. The minimum atomic E-state index is -0.204. The largest absolute Gasteiger partial charge is 0.451 e. The Balaban J connectivity index is 1.60. The van der Waals surface area contributed by atoms with E-state index in [-0.39, 0.29) is 11.9 Å². The van der Waals surface area contributed by atoms with Crippen molar-refractivity contribution in [3.8, 4) is 0 Å². The molecule has 0 fully saturated rings. The van der Waals surface area contributed by atoms with Crippen LogP contribution in [0.25, 0.3) is 11.0 Å². The number of hydrogen-bond donors (Lipinski definition) is 1. The van der Waals surface area contributed by atoms with Crippen molar-refractivity contribution in [1.82, 2.24) is 20.1 Å². The predicted octanol–water partition coefficient (Wildman–Crippen LogP) is 3.16. The smallest absolute Gasteiger partial charge is 0.287 e. The summed E-state index contributed by atoms with van der Waals surface area (Å²) in [4.78, 5) is 17.2. The van der Waals surface area contributed by atoms with Crippen LogP contribution in [-0.2, 0) is 13.0 Å². The van der Waals surface area contributed by atoms with Gasteiger partial charge in [-0.15, -0.1) is 0 Å². The van der Waals surface area contributed by atoms with Gasteiger partial charge in [0.15, 0.2) is 11.6 Å². The maximum Gasteiger partial charge on any atom is 0.287 e. The van der Waals surface area contributed by atoms with Crippen LogP contribution in [0.2, 0.25) is 0 Å². The van der Waals surface area contributed by atoms with Gasteiger partial charge in [-0.2, -0.15) is 5.10 Å². The van der Waals surface area contributed by atoms with Gasteiger partial charge < -0.3 is 9.73 Å². The number of rotatable bonds is 3. The molecule has 3 heterocycles. The van der Waals surface area contributed by atoms with Gasteiger partial charge in [0.05, 0.1) is 6.04 Å². The number of aromatic nitrogens is 3. The van der Waals surface area contributed by atoms with Gasteiger partial charge in [-0.25, -0.2) is 9.67 Å². The average Bonchev–Trinajstić information content (AvgIpc) is 3.19. The van der Waals surface area contributed by atoms with E-state index in [9.17, 15) is 4.79 Å². The number of nitrogens with zero attached hydrogens (tertiary/aromatic N) is 3. The minimum absolute atomic E-state index is 0.117. The molecule has 4 rings (SSSR count). The Hall–Kier alpha value is -2.63. The lowest BCUT2D eigenvalue weighted by atomic mass is 10.1. The zero-order valence-electron chi connectivity index (χ0n) is 13.9. The van der Waals surface area contributed by atoms with Crippen LogP contribution in [0.1, 0.15) is 53.6 Å². The van der Waals surface area contributed by atoms with Crippen molar-refractivity contribution in [3.05, 3.63) is 47.2 Å². The SMILES string of the molecule is CCc1nc2n(n1)CCCC2NC(=O)c1cc2c(C)cccc2o1. The molecule has 0 aliphatic carbocycles. The normalized spacial score (nSPS) is 17.0.